The first-order valence-electron chi connectivity index (χ1n) is 12.5. The number of nitrogens with zero attached hydrogens (tertiary/aromatic N) is 1. The van der Waals surface area contributed by atoms with Gasteiger partial charge in [0, 0.05) is 30.3 Å². The molecule has 2 aliphatic rings. The lowest BCUT2D eigenvalue weighted by Gasteiger charge is -2.25. The third-order valence-corrected chi connectivity index (χ3v) is 7.77. The average molecular weight is 522 g/mol. The molecule has 0 atom stereocenters. The lowest BCUT2D eigenvalue weighted by atomic mass is 9.81. The standard InChI is InChI=1S/C30H29F2NO5/c1-15-21-6-5-7-38-29(21)26(32)11-22(15)28-17(3)25-14-33(13-24(25)16(2)23(28)12-27(34)35)30(36)18-8-19(31)10-20(9-18)37-4/h8-11H,5-7,12-14H2,1-4H3,(H,34,35). The first-order valence-corrected chi connectivity index (χ1v) is 12.5. The van der Waals surface area contributed by atoms with Crippen molar-refractivity contribution < 1.29 is 33.0 Å². The fraction of sp³-hybridized carbons (Fsp3) is 0.333. The number of hydrogen-bond donors (Lipinski definition) is 1. The number of hydrogen-bond acceptors (Lipinski definition) is 4. The predicted molar refractivity (Wildman–Crippen MR) is 138 cm³/mol. The van der Waals surface area contributed by atoms with Crippen LogP contribution in [0, 0.1) is 32.4 Å². The van der Waals surface area contributed by atoms with Crippen molar-refractivity contribution in [3.63, 3.8) is 0 Å². The van der Waals surface area contributed by atoms with E-state index in [9.17, 15) is 19.1 Å². The molecule has 0 radical (unpaired) electrons. The van der Waals surface area contributed by atoms with E-state index in [2.05, 4.69) is 0 Å². The van der Waals surface area contributed by atoms with Gasteiger partial charge in [0.15, 0.2) is 11.6 Å². The number of carbonyl (C=O) groups excluding carboxylic acids is 1. The zero-order valence-electron chi connectivity index (χ0n) is 21.8. The lowest BCUT2D eigenvalue weighted by molar-refractivity contribution is -0.136. The Hall–Kier alpha value is -3.94. The minimum atomic E-state index is -0.995. The van der Waals surface area contributed by atoms with Crippen LogP contribution in [-0.2, 0) is 30.7 Å². The highest BCUT2D eigenvalue weighted by molar-refractivity contribution is 5.95. The fourth-order valence-corrected chi connectivity index (χ4v) is 5.85. The highest BCUT2D eigenvalue weighted by atomic mass is 19.1. The highest BCUT2D eigenvalue weighted by Gasteiger charge is 2.32. The molecule has 0 aromatic heterocycles. The lowest BCUT2D eigenvalue weighted by Crippen LogP contribution is -2.25. The summed E-state index contributed by atoms with van der Waals surface area (Å²) in [6, 6.07) is 5.32. The largest absolute Gasteiger partial charge is 0.497 e. The van der Waals surface area contributed by atoms with Gasteiger partial charge < -0.3 is 19.5 Å². The summed E-state index contributed by atoms with van der Waals surface area (Å²) in [7, 11) is 1.41. The molecular formula is C30H29F2NO5. The van der Waals surface area contributed by atoms with E-state index in [1.54, 1.807) is 4.90 Å². The third kappa shape index (κ3) is 4.27. The maximum atomic E-state index is 15.2. The molecule has 38 heavy (non-hydrogen) atoms. The number of fused-ring (bicyclic) bond motifs is 2. The van der Waals surface area contributed by atoms with Crippen molar-refractivity contribution in [2.24, 2.45) is 0 Å². The zero-order valence-corrected chi connectivity index (χ0v) is 21.8. The number of halogens is 2. The average Bonchev–Trinajstić information content (AvgIpc) is 3.35. The van der Waals surface area contributed by atoms with Gasteiger partial charge in [-0.15, -0.1) is 0 Å². The number of carboxylic acid groups (broad SMARTS) is 1. The molecule has 5 rings (SSSR count). The maximum Gasteiger partial charge on any atom is 0.307 e. The van der Waals surface area contributed by atoms with E-state index < -0.39 is 17.6 Å². The Morgan fingerprint density at radius 1 is 1.00 bits per heavy atom. The quantitative estimate of drug-likeness (QED) is 0.468. The zero-order chi connectivity index (χ0) is 27.3. The van der Waals surface area contributed by atoms with E-state index >= 15 is 4.39 Å². The van der Waals surface area contributed by atoms with Crippen LogP contribution in [0.4, 0.5) is 8.78 Å². The first kappa shape index (κ1) is 25.7. The molecule has 0 aliphatic carbocycles. The van der Waals surface area contributed by atoms with Crippen LogP contribution in [0.2, 0.25) is 0 Å². The van der Waals surface area contributed by atoms with E-state index in [4.69, 9.17) is 9.47 Å². The molecule has 0 fully saturated rings. The van der Waals surface area contributed by atoms with Crippen LogP contribution < -0.4 is 9.47 Å². The Kier molecular flexibility index (Phi) is 6.59. The Labute approximate surface area is 219 Å². The van der Waals surface area contributed by atoms with Gasteiger partial charge in [0.05, 0.1) is 20.1 Å². The topological polar surface area (TPSA) is 76.1 Å². The van der Waals surface area contributed by atoms with Crippen molar-refractivity contribution in [3.8, 4) is 22.6 Å². The minimum Gasteiger partial charge on any atom is -0.497 e. The summed E-state index contributed by atoms with van der Waals surface area (Å²) in [5, 5.41) is 9.78. The van der Waals surface area contributed by atoms with E-state index in [-0.39, 0.29) is 42.5 Å². The van der Waals surface area contributed by atoms with E-state index in [0.717, 1.165) is 39.8 Å². The molecule has 8 heteroatoms. The minimum absolute atomic E-state index is 0.170. The van der Waals surface area contributed by atoms with Crippen molar-refractivity contribution in [1.29, 1.82) is 0 Å². The Bertz CT molecular complexity index is 1500. The Morgan fingerprint density at radius 2 is 1.71 bits per heavy atom. The van der Waals surface area contributed by atoms with Crippen molar-refractivity contribution >= 4 is 11.9 Å². The van der Waals surface area contributed by atoms with Crippen molar-refractivity contribution in [1.82, 2.24) is 4.90 Å². The van der Waals surface area contributed by atoms with Crippen molar-refractivity contribution in [3.05, 3.63) is 80.4 Å². The molecule has 6 nitrogen and oxygen atoms in total. The number of rotatable bonds is 5. The van der Waals surface area contributed by atoms with Crippen LogP contribution >= 0.6 is 0 Å². The summed E-state index contributed by atoms with van der Waals surface area (Å²) in [5.41, 5.74) is 7.14. The van der Waals surface area contributed by atoms with Gasteiger partial charge in [-0.1, -0.05) is 0 Å². The smallest absolute Gasteiger partial charge is 0.307 e. The highest BCUT2D eigenvalue weighted by Crippen LogP contribution is 2.44. The molecule has 3 aromatic rings. The normalized spacial score (nSPS) is 14.1. The summed E-state index contributed by atoms with van der Waals surface area (Å²) in [6.45, 7) is 6.67. The molecule has 0 unspecified atom stereocenters. The number of methoxy groups -OCH3 is 1. The molecule has 1 N–H and O–H groups in total. The number of amides is 1. The fourth-order valence-electron chi connectivity index (χ4n) is 5.85. The first-order chi connectivity index (χ1) is 18.1. The second kappa shape index (κ2) is 9.74. The Balaban J connectivity index is 1.64. The van der Waals surface area contributed by atoms with Crippen molar-refractivity contribution in [2.75, 3.05) is 13.7 Å². The van der Waals surface area contributed by atoms with Gasteiger partial charge in [-0.2, -0.15) is 0 Å². The number of carbonyl (C=O) groups is 2. The molecule has 0 saturated heterocycles. The SMILES string of the molecule is COc1cc(F)cc(C(=O)N2Cc3c(C)c(CC(=O)O)c(-c4cc(F)c5c(c4C)CCCO5)c(C)c3C2)c1. The van der Waals surface area contributed by atoms with Crippen molar-refractivity contribution in [2.45, 2.75) is 53.1 Å². The van der Waals surface area contributed by atoms with Crippen LogP contribution in [0.25, 0.3) is 11.1 Å². The summed E-state index contributed by atoms with van der Waals surface area (Å²) >= 11 is 0. The van der Waals surface area contributed by atoms with Gasteiger partial charge in [0.2, 0.25) is 0 Å². The number of carboxylic acids is 1. The molecule has 2 heterocycles. The van der Waals surface area contributed by atoms with E-state index in [1.165, 1.54) is 31.4 Å². The second-order valence-corrected chi connectivity index (χ2v) is 9.96. The predicted octanol–water partition coefficient (Wildman–Crippen LogP) is 5.67. The van der Waals surface area contributed by atoms with Gasteiger partial charge in [-0.25, -0.2) is 8.78 Å². The summed E-state index contributed by atoms with van der Waals surface area (Å²) in [6.07, 6.45) is 1.23. The van der Waals surface area contributed by atoms with Gasteiger partial charge in [-0.05, 0) is 96.3 Å². The summed E-state index contributed by atoms with van der Waals surface area (Å²) < 4.78 is 40.1. The summed E-state index contributed by atoms with van der Waals surface area (Å²) in [5.74, 6) is -1.86. The second-order valence-electron chi connectivity index (χ2n) is 9.96. The molecule has 198 valence electrons. The van der Waals surface area contributed by atoms with Gasteiger partial charge in [0.25, 0.3) is 5.91 Å². The Morgan fingerprint density at radius 3 is 2.39 bits per heavy atom. The van der Waals surface area contributed by atoms with Gasteiger partial charge >= 0.3 is 5.97 Å². The van der Waals surface area contributed by atoms with E-state index in [1.807, 2.05) is 20.8 Å². The maximum absolute atomic E-state index is 15.2. The monoisotopic (exact) mass is 521 g/mol. The number of ether oxygens (including phenoxy) is 2. The van der Waals surface area contributed by atoms with Gasteiger partial charge in [-0.3, -0.25) is 9.59 Å². The third-order valence-electron chi connectivity index (χ3n) is 7.77. The van der Waals surface area contributed by atoms with E-state index in [0.29, 0.717) is 29.7 Å². The number of benzene rings is 3. The molecule has 0 saturated carbocycles. The van der Waals surface area contributed by atoms with Crippen LogP contribution in [0.3, 0.4) is 0 Å². The molecule has 0 spiro atoms. The van der Waals surface area contributed by atoms with Gasteiger partial charge in [0.1, 0.15) is 11.6 Å². The van der Waals surface area contributed by atoms with Crippen LogP contribution in [0.1, 0.15) is 55.7 Å². The molecule has 2 aliphatic heterocycles. The summed E-state index contributed by atoms with van der Waals surface area (Å²) in [4.78, 5) is 26.9. The molecule has 0 bridgehead atoms. The van der Waals surface area contributed by atoms with Crippen LogP contribution in [-0.4, -0.2) is 35.6 Å². The molecule has 1 amide bonds. The molecule has 3 aromatic carbocycles. The molecular weight excluding hydrogens is 492 g/mol. The number of aliphatic carboxylic acids is 1. The van der Waals surface area contributed by atoms with Crippen LogP contribution in [0.15, 0.2) is 24.3 Å². The van der Waals surface area contributed by atoms with Crippen LogP contribution in [0.5, 0.6) is 11.5 Å².